The van der Waals surface area contributed by atoms with Gasteiger partial charge >= 0.3 is 0 Å². The van der Waals surface area contributed by atoms with Crippen molar-refractivity contribution in [3.8, 4) is 0 Å². The smallest absolute Gasteiger partial charge is 0.264 e. The maximum absolute atomic E-state index is 12.8. The molecule has 0 saturated heterocycles. The summed E-state index contributed by atoms with van der Waals surface area (Å²) in [6.07, 6.45) is 5.27. The third kappa shape index (κ3) is 4.96. The van der Waals surface area contributed by atoms with E-state index < -0.39 is 10.0 Å². The maximum Gasteiger partial charge on any atom is 0.264 e. The van der Waals surface area contributed by atoms with Crippen LogP contribution in [0.5, 0.6) is 0 Å². The molecule has 29 heavy (non-hydrogen) atoms. The Hall–Kier alpha value is -2.84. The number of thioether (sulfide) groups is 1. The predicted molar refractivity (Wildman–Crippen MR) is 116 cm³/mol. The van der Waals surface area contributed by atoms with Crippen molar-refractivity contribution in [2.24, 2.45) is 0 Å². The molecule has 1 heterocycles. The molecule has 0 fully saturated rings. The largest absolute Gasteiger partial charge is 0.348 e. The van der Waals surface area contributed by atoms with Crippen LogP contribution in [-0.4, -0.2) is 32.6 Å². The van der Waals surface area contributed by atoms with Crippen molar-refractivity contribution in [2.75, 3.05) is 17.6 Å². The number of aromatic nitrogens is 1. The summed E-state index contributed by atoms with van der Waals surface area (Å²) in [5, 5.41) is 2.83. The van der Waals surface area contributed by atoms with Crippen LogP contribution in [0.1, 0.15) is 15.9 Å². The average molecular weight is 428 g/mol. The number of carbonyl (C=O) groups excluding carboxylic acids is 1. The Morgan fingerprint density at radius 3 is 2.21 bits per heavy atom. The van der Waals surface area contributed by atoms with Gasteiger partial charge in [0.2, 0.25) is 0 Å². The summed E-state index contributed by atoms with van der Waals surface area (Å²) in [6, 6.07) is 16.9. The second kappa shape index (κ2) is 9.11. The summed E-state index contributed by atoms with van der Waals surface area (Å²) in [7, 11) is -2.18. The topological polar surface area (TPSA) is 79.4 Å². The van der Waals surface area contributed by atoms with Crippen LogP contribution >= 0.6 is 11.8 Å². The van der Waals surface area contributed by atoms with Gasteiger partial charge in [0.05, 0.1) is 10.6 Å². The first-order chi connectivity index (χ1) is 13.9. The van der Waals surface area contributed by atoms with Gasteiger partial charge in [-0.1, -0.05) is 0 Å². The molecule has 3 rings (SSSR count). The molecule has 3 aromatic rings. The molecule has 0 aliphatic carbocycles. The number of amides is 1. The van der Waals surface area contributed by atoms with Crippen LogP contribution in [0.2, 0.25) is 0 Å². The minimum absolute atomic E-state index is 0.219. The van der Waals surface area contributed by atoms with Crippen LogP contribution in [0.15, 0.2) is 82.8 Å². The fraction of sp³-hybridized carbons (Fsp3) is 0.143. The molecule has 0 aliphatic heterocycles. The Kier molecular flexibility index (Phi) is 6.56. The van der Waals surface area contributed by atoms with Gasteiger partial charge < -0.3 is 5.32 Å². The fourth-order valence-electron chi connectivity index (χ4n) is 2.65. The van der Waals surface area contributed by atoms with Gasteiger partial charge in [-0.15, -0.1) is 11.8 Å². The summed E-state index contributed by atoms with van der Waals surface area (Å²) in [5.41, 5.74) is 1.88. The highest BCUT2D eigenvalue weighted by atomic mass is 32.2. The lowest BCUT2D eigenvalue weighted by molar-refractivity contribution is 0.0951. The second-order valence-electron chi connectivity index (χ2n) is 6.23. The van der Waals surface area contributed by atoms with Gasteiger partial charge in [0.1, 0.15) is 0 Å². The lowest BCUT2D eigenvalue weighted by Crippen LogP contribution is -2.27. The van der Waals surface area contributed by atoms with Crippen LogP contribution in [0.25, 0.3) is 0 Å². The number of carbonyl (C=O) groups is 1. The molecule has 2 aromatic carbocycles. The van der Waals surface area contributed by atoms with Gasteiger partial charge in [-0.05, 0) is 72.5 Å². The fourth-order valence-corrected chi connectivity index (χ4v) is 4.26. The standard InChI is InChI=1S/C21H21N3O3S2/c1-24(29(26,27)20-9-7-19(28-2)8-10-20)18-5-3-17(4-6-18)21(25)23-15-16-11-13-22-14-12-16/h3-14H,15H2,1-2H3,(H,23,25). The Balaban J connectivity index is 1.70. The molecule has 1 aromatic heterocycles. The monoisotopic (exact) mass is 427 g/mol. The summed E-state index contributed by atoms with van der Waals surface area (Å²) in [5.74, 6) is -0.230. The minimum atomic E-state index is -3.68. The number of rotatable bonds is 7. The van der Waals surface area contributed by atoms with Gasteiger partial charge in [0.15, 0.2) is 0 Å². The van der Waals surface area contributed by atoms with E-state index in [9.17, 15) is 13.2 Å². The van der Waals surface area contributed by atoms with E-state index in [2.05, 4.69) is 10.3 Å². The number of anilines is 1. The van der Waals surface area contributed by atoms with Crippen LogP contribution in [0.3, 0.4) is 0 Å². The molecular weight excluding hydrogens is 406 g/mol. The highest BCUT2D eigenvalue weighted by Gasteiger charge is 2.21. The normalized spacial score (nSPS) is 11.1. The average Bonchev–Trinajstić information content (AvgIpc) is 2.77. The third-order valence-electron chi connectivity index (χ3n) is 4.41. The quantitative estimate of drug-likeness (QED) is 0.583. The van der Waals surface area contributed by atoms with Gasteiger partial charge in [-0.2, -0.15) is 0 Å². The second-order valence-corrected chi connectivity index (χ2v) is 9.08. The molecule has 150 valence electrons. The molecule has 0 radical (unpaired) electrons. The molecular formula is C21H21N3O3S2. The number of benzene rings is 2. The highest BCUT2D eigenvalue weighted by Crippen LogP contribution is 2.24. The molecule has 8 heteroatoms. The molecule has 0 unspecified atom stereocenters. The van der Waals surface area contributed by atoms with Crippen molar-refractivity contribution in [1.82, 2.24) is 10.3 Å². The van der Waals surface area contributed by atoms with E-state index in [0.29, 0.717) is 17.8 Å². The highest BCUT2D eigenvalue weighted by molar-refractivity contribution is 7.98. The number of sulfonamides is 1. The molecule has 0 spiro atoms. The first-order valence-electron chi connectivity index (χ1n) is 8.82. The van der Waals surface area contributed by atoms with Crippen molar-refractivity contribution in [1.29, 1.82) is 0 Å². The summed E-state index contributed by atoms with van der Waals surface area (Å²) in [4.78, 5) is 17.5. The van der Waals surface area contributed by atoms with E-state index in [1.54, 1.807) is 72.7 Å². The van der Waals surface area contributed by atoms with E-state index >= 15 is 0 Å². The van der Waals surface area contributed by atoms with E-state index in [0.717, 1.165) is 10.5 Å². The van der Waals surface area contributed by atoms with Gasteiger partial charge in [-0.3, -0.25) is 14.1 Å². The van der Waals surface area contributed by atoms with Crippen molar-refractivity contribution >= 4 is 33.4 Å². The van der Waals surface area contributed by atoms with Crippen LogP contribution in [0.4, 0.5) is 5.69 Å². The Labute approximate surface area is 175 Å². The Morgan fingerprint density at radius 1 is 1.00 bits per heavy atom. The van der Waals surface area contributed by atoms with Gasteiger partial charge in [0, 0.05) is 36.4 Å². The molecule has 1 amide bonds. The van der Waals surface area contributed by atoms with Crippen LogP contribution in [-0.2, 0) is 16.6 Å². The van der Waals surface area contributed by atoms with Crippen molar-refractivity contribution in [3.05, 3.63) is 84.2 Å². The van der Waals surface area contributed by atoms with Crippen LogP contribution in [0, 0.1) is 0 Å². The van der Waals surface area contributed by atoms with E-state index in [-0.39, 0.29) is 10.8 Å². The number of pyridine rings is 1. The van der Waals surface area contributed by atoms with E-state index in [1.807, 2.05) is 18.4 Å². The zero-order valence-corrected chi connectivity index (χ0v) is 17.7. The first-order valence-corrected chi connectivity index (χ1v) is 11.5. The molecule has 0 bridgehead atoms. The SMILES string of the molecule is CSc1ccc(S(=O)(=O)N(C)c2ccc(C(=O)NCc3ccncc3)cc2)cc1. The van der Waals surface area contributed by atoms with E-state index in [1.165, 1.54) is 11.4 Å². The van der Waals surface area contributed by atoms with Crippen molar-refractivity contribution in [2.45, 2.75) is 16.3 Å². The molecule has 0 saturated carbocycles. The van der Waals surface area contributed by atoms with Gasteiger partial charge in [-0.25, -0.2) is 8.42 Å². The predicted octanol–water partition coefficient (Wildman–Crippen LogP) is 3.56. The number of nitrogens with one attached hydrogen (secondary N) is 1. The lowest BCUT2D eigenvalue weighted by Gasteiger charge is -2.20. The zero-order valence-electron chi connectivity index (χ0n) is 16.1. The molecule has 1 N–H and O–H groups in total. The van der Waals surface area contributed by atoms with Crippen LogP contribution < -0.4 is 9.62 Å². The minimum Gasteiger partial charge on any atom is -0.348 e. The Bertz CT molecular complexity index is 1070. The third-order valence-corrected chi connectivity index (χ3v) is 6.96. The number of hydrogen-bond donors (Lipinski definition) is 1. The Morgan fingerprint density at radius 2 is 1.62 bits per heavy atom. The summed E-state index contributed by atoms with van der Waals surface area (Å²) >= 11 is 1.55. The zero-order chi connectivity index (χ0) is 20.9. The van der Waals surface area contributed by atoms with Crippen molar-refractivity contribution < 1.29 is 13.2 Å². The number of nitrogens with zero attached hydrogens (tertiary/aromatic N) is 2. The molecule has 0 atom stereocenters. The summed E-state index contributed by atoms with van der Waals surface area (Å²) < 4.78 is 26.9. The van der Waals surface area contributed by atoms with Gasteiger partial charge in [0.25, 0.3) is 15.9 Å². The molecule has 6 nitrogen and oxygen atoms in total. The number of hydrogen-bond acceptors (Lipinski definition) is 5. The first kappa shape index (κ1) is 20.9. The maximum atomic E-state index is 12.8. The lowest BCUT2D eigenvalue weighted by atomic mass is 10.2. The van der Waals surface area contributed by atoms with E-state index in [4.69, 9.17) is 0 Å². The van der Waals surface area contributed by atoms with Crippen molar-refractivity contribution in [3.63, 3.8) is 0 Å². The molecule has 0 aliphatic rings. The summed E-state index contributed by atoms with van der Waals surface area (Å²) in [6.45, 7) is 0.392.